The van der Waals surface area contributed by atoms with Crippen LogP contribution >= 0.6 is 0 Å². The van der Waals surface area contributed by atoms with Crippen LogP contribution in [0.15, 0.2) is 27.4 Å². The average molecular weight is 204 g/mol. The first kappa shape index (κ1) is 8.73. The largest absolute Gasteiger partial charge is 0.417 e. The number of para-hydroxylation sites is 1. The first-order chi connectivity index (χ1) is 7.16. The minimum atomic E-state index is -0.403. The molecule has 1 aliphatic rings. The lowest BCUT2D eigenvalue weighted by molar-refractivity contribution is 0.555. The predicted molar refractivity (Wildman–Crippen MR) is 56.7 cm³/mol. The highest BCUT2D eigenvalue weighted by atomic mass is 16.4. The Labute approximate surface area is 86.1 Å². The summed E-state index contributed by atoms with van der Waals surface area (Å²) in [7, 11) is 0. The fourth-order valence-electron chi connectivity index (χ4n) is 1.89. The Bertz CT molecular complexity index is 563. The second kappa shape index (κ2) is 2.73. The molecule has 15 heavy (non-hydrogen) atoms. The molecule has 3 N–H and O–H groups in total. The molecule has 2 aromatic rings. The third-order valence-electron chi connectivity index (χ3n) is 2.98. The van der Waals surface area contributed by atoms with Crippen molar-refractivity contribution in [2.45, 2.75) is 24.8 Å². The number of benzene rings is 1. The third kappa shape index (κ3) is 1.47. The van der Waals surface area contributed by atoms with E-state index >= 15 is 0 Å². The van der Waals surface area contributed by atoms with E-state index in [1.807, 2.05) is 12.1 Å². The standard InChI is InChI=1S/C11H12N2O2/c12-11(4-5-11)6-7-2-1-3-8-9(7)13-10(14)15-8/h1-3H,4-6,12H2,(H,13,14). The Morgan fingerprint density at radius 1 is 1.47 bits per heavy atom. The maximum atomic E-state index is 11.1. The van der Waals surface area contributed by atoms with E-state index in [1.165, 1.54) is 0 Å². The fourth-order valence-corrected chi connectivity index (χ4v) is 1.89. The summed E-state index contributed by atoms with van der Waals surface area (Å²) >= 11 is 0. The van der Waals surface area contributed by atoms with Crippen molar-refractivity contribution in [3.8, 4) is 0 Å². The number of aromatic nitrogens is 1. The van der Waals surface area contributed by atoms with Crippen molar-refractivity contribution in [2.24, 2.45) is 5.73 Å². The van der Waals surface area contributed by atoms with Gasteiger partial charge >= 0.3 is 5.76 Å². The van der Waals surface area contributed by atoms with E-state index in [-0.39, 0.29) is 5.54 Å². The number of nitrogens with one attached hydrogen (secondary N) is 1. The van der Waals surface area contributed by atoms with Gasteiger partial charge in [0.05, 0.1) is 5.52 Å². The third-order valence-corrected chi connectivity index (χ3v) is 2.98. The van der Waals surface area contributed by atoms with Crippen molar-refractivity contribution < 1.29 is 4.42 Å². The van der Waals surface area contributed by atoms with Crippen molar-refractivity contribution in [3.05, 3.63) is 34.3 Å². The molecule has 78 valence electrons. The molecule has 0 radical (unpaired) electrons. The maximum Gasteiger partial charge on any atom is 0.417 e. The van der Waals surface area contributed by atoms with E-state index < -0.39 is 5.76 Å². The minimum Gasteiger partial charge on any atom is -0.408 e. The molecule has 0 amide bonds. The molecule has 0 saturated heterocycles. The SMILES string of the molecule is NC1(Cc2cccc3oc(=O)[nH]c23)CC1. The van der Waals surface area contributed by atoms with Gasteiger partial charge in [0.1, 0.15) is 0 Å². The molecule has 1 aliphatic carbocycles. The van der Waals surface area contributed by atoms with Gasteiger partial charge in [-0.25, -0.2) is 4.79 Å². The molecule has 3 rings (SSSR count). The molecule has 1 fully saturated rings. The van der Waals surface area contributed by atoms with Crippen molar-refractivity contribution in [2.75, 3.05) is 0 Å². The zero-order valence-electron chi connectivity index (χ0n) is 8.25. The average Bonchev–Trinajstić information content (AvgIpc) is 2.76. The first-order valence-electron chi connectivity index (χ1n) is 5.06. The molecule has 0 atom stereocenters. The van der Waals surface area contributed by atoms with Gasteiger partial charge in [-0.3, -0.25) is 4.98 Å². The highest BCUT2D eigenvalue weighted by molar-refractivity contribution is 5.76. The monoisotopic (exact) mass is 204 g/mol. The summed E-state index contributed by atoms with van der Waals surface area (Å²) in [5.41, 5.74) is 8.47. The lowest BCUT2D eigenvalue weighted by Gasteiger charge is -2.08. The van der Waals surface area contributed by atoms with E-state index in [9.17, 15) is 4.79 Å². The van der Waals surface area contributed by atoms with Crippen LogP contribution in [0.25, 0.3) is 11.1 Å². The number of H-pyrrole nitrogens is 1. The van der Waals surface area contributed by atoms with E-state index in [1.54, 1.807) is 6.07 Å². The molecule has 1 aromatic heterocycles. The molecule has 4 heteroatoms. The Hall–Kier alpha value is -1.55. The lowest BCUT2D eigenvalue weighted by Crippen LogP contribution is -2.24. The van der Waals surface area contributed by atoms with Crippen LogP contribution in [0.1, 0.15) is 18.4 Å². The van der Waals surface area contributed by atoms with Crippen LogP contribution in [0, 0.1) is 0 Å². The molecule has 4 nitrogen and oxygen atoms in total. The van der Waals surface area contributed by atoms with Gasteiger partial charge in [0.2, 0.25) is 0 Å². The van der Waals surface area contributed by atoms with Crippen molar-refractivity contribution >= 4 is 11.1 Å². The second-order valence-corrected chi connectivity index (χ2v) is 4.34. The number of rotatable bonds is 2. The molecule has 1 heterocycles. The number of hydrogen-bond donors (Lipinski definition) is 2. The first-order valence-corrected chi connectivity index (χ1v) is 5.06. The van der Waals surface area contributed by atoms with Crippen LogP contribution in [-0.4, -0.2) is 10.5 Å². The van der Waals surface area contributed by atoms with Crippen LogP contribution in [0.2, 0.25) is 0 Å². The normalized spacial score (nSPS) is 18.2. The summed E-state index contributed by atoms with van der Waals surface area (Å²) in [5.74, 6) is -0.403. The van der Waals surface area contributed by atoms with Gasteiger partial charge in [-0.1, -0.05) is 12.1 Å². The van der Waals surface area contributed by atoms with E-state index in [2.05, 4.69) is 4.98 Å². The minimum absolute atomic E-state index is 0.0531. The number of aromatic amines is 1. The second-order valence-electron chi connectivity index (χ2n) is 4.34. The van der Waals surface area contributed by atoms with E-state index in [4.69, 9.17) is 10.2 Å². The van der Waals surface area contributed by atoms with Crippen LogP contribution in [0.3, 0.4) is 0 Å². The molecule has 0 spiro atoms. The molecular formula is C11H12N2O2. The Morgan fingerprint density at radius 2 is 2.27 bits per heavy atom. The predicted octanol–water partition coefficient (Wildman–Crippen LogP) is 1.15. The summed E-state index contributed by atoms with van der Waals surface area (Å²) < 4.78 is 4.99. The Balaban J connectivity index is 2.12. The smallest absolute Gasteiger partial charge is 0.408 e. The maximum absolute atomic E-state index is 11.1. The number of fused-ring (bicyclic) bond motifs is 1. The highest BCUT2D eigenvalue weighted by Gasteiger charge is 2.38. The summed E-state index contributed by atoms with van der Waals surface area (Å²) in [6, 6.07) is 5.66. The van der Waals surface area contributed by atoms with Gasteiger partial charge in [0.15, 0.2) is 5.58 Å². The van der Waals surface area contributed by atoms with Crippen LogP contribution in [0.4, 0.5) is 0 Å². The number of nitrogens with two attached hydrogens (primary N) is 1. The summed E-state index contributed by atoms with van der Waals surface area (Å²) in [5, 5.41) is 0. The van der Waals surface area contributed by atoms with Crippen molar-refractivity contribution in [1.29, 1.82) is 0 Å². The Kier molecular flexibility index (Phi) is 1.59. The fraction of sp³-hybridized carbons (Fsp3) is 0.364. The molecule has 0 bridgehead atoms. The molecule has 1 saturated carbocycles. The topological polar surface area (TPSA) is 72.0 Å². The van der Waals surface area contributed by atoms with Gasteiger partial charge in [0, 0.05) is 5.54 Å². The summed E-state index contributed by atoms with van der Waals surface area (Å²) in [6.45, 7) is 0. The number of hydrogen-bond acceptors (Lipinski definition) is 3. The van der Waals surface area contributed by atoms with E-state index in [0.717, 1.165) is 30.3 Å². The van der Waals surface area contributed by atoms with Crippen LogP contribution in [-0.2, 0) is 6.42 Å². The van der Waals surface area contributed by atoms with Gasteiger partial charge in [-0.05, 0) is 30.9 Å². The van der Waals surface area contributed by atoms with Gasteiger partial charge in [-0.15, -0.1) is 0 Å². The zero-order valence-corrected chi connectivity index (χ0v) is 8.25. The Morgan fingerprint density at radius 3 is 3.00 bits per heavy atom. The summed E-state index contributed by atoms with van der Waals surface area (Å²) in [6.07, 6.45) is 2.93. The van der Waals surface area contributed by atoms with Gasteiger partial charge < -0.3 is 10.2 Å². The lowest BCUT2D eigenvalue weighted by atomic mass is 10.0. The zero-order chi connectivity index (χ0) is 10.5. The van der Waals surface area contributed by atoms with Crippen molar-refractivity contribution in [3.63, 3.8) is 0 Å². The molecule has 0 unspecified atom stereocenters. The molecular weight excluding hydrogens is 192 g/mol. The highest BCUT2D eigenvalue weighted by Crippen LogP contribution is 2.36. The van der Waals surface area contributed by atoms with Gasteiger partial charge in [-0.2, -0.15) is 0 Å². The molecule has 1 aromatic carbocycles. The van der Waals surface area contributed by atoms with Crippen LogP contribution < -0.4 is 11.5 Å². The van der Waals surface area contributed by atoms with Gasteiger partial charge in [0.25, 0.3) is 0 Å². The van der Waals surface area contributed by atoms with Crippen LogP contribution in [0.5, 0.6) is 0 Å². The quantitative estimate of drug-likeness (QED) is 0.770. The molecule has 0 aliphatic heterocycles. The van der Waals surface area contributed by atoms with Crippen molar-refractivity contribution in [1.82, 2.24) is 4.98 Å². The summed E-state index contributed by atoms with van der Waals surface area (Å²) in [4.78, 5) is 13.8. The number of oxazole rings is 1. The van der Waals surface area contributed by atoms with E-state index in [0.29, 0.717) is 5.58 Å².